The lowest BCUT2D eigenvalue weighted by atomic mass is 10.0. The summed E-state index contributed by atoms with van der Waals surface area (Å²) in [6.45, 7) is 2.04. The van der Waals surface area contributed by atoms with Gasteiger partial charge in [-0.2, -0.15) is 0 Å². The van der Waals surface area contributed by atoms with Crippen LogP contribution in [0.3, 0.4) is 0 Å². The number of nitrogens with zero attached hydrogens (tertiary/aromatic N) is 1. The molecule has 2 N–H and O–H groups in total. The van der Waals surface area contributed by atoms with Gasteiger partial charge in [0, 0.05) is 22.8 Å². The van der Waals surface area contributed by atoms with Gasteiger partial charge in [0.05, 0.1) is 6.04 Å². The third kappa shape index (κ3) is 4.50. The SMILES string of the molecule is O=C(NCC(c1c(F)cccc1Cl)N1CCCC1)Nc1ccccc1. The van der Waals surface area contributed by atoms with E-state index in [9.17, 15) is 9.18 Å². The molecule has 3 rings (SSSR count). The number of urea groups is 1. The molecule has 1 atom stereocenters. The first-order chi connectivity index (χ1) is 12.1. The molecule has 0 spiro atoms. The predicted octanol–water partition coefficient (Wildman–Crippen LogP) is 4.44. The number of likely N-dealkylation sites (tertiary alicyclic amines) is 1. The zero-order valence-electron chi connectivity index (χ0n) is 13.8. The Morgan fingerprint density at radius 1 is 1.12 bits per heavy atom. The number of hydrogen-bond donors (Lipinski definition) is 2. The second-order valence-corrected chi connectivity index (χ2v) is 6.50. The molecule has 1 aliphatic rings. The van der Waals surface area contributed by atoms with Crippen LogP contribution in [-0.4, -0.2) is 30.6 Å². The summed E-state index contributed by atoms with van der Waals surface area (Å²) in [5.74, 6) is -0.338. The maximum absolute atomic E-state index is 14.4. The molecule has 4 nitrogen and oxygen atoms in total. The fourth-order valence-corrected chi connectivity index (χ4v) is 3.47. The Kier molecular flexibility index (Phi) is 5.89. The summed E-state index contributed by atoms with van der Waals surface area (Å²) >= 11 is 6.25. The van der Waals surface area contributed by atoms with Gasteiger partial charge in [0.1, 0.15) is 5.82 Å². The first-order valence-electron chi connectivity index (χ1n) is 8.43. The molecule has 1 fully saturated rings. The van der Waals surface area contributed by atoms with Crippen molar-refractivity contribution >= 4 is 23.3 Å². The van der Waals surface area contributed by atoms with Crippen molar-refractivity contribution in [3.05, 3.63) is 64.9 Å². The number of amides is 2. The molecule has 2 aromatic carbocycles. The fraction of sp³-hybridized carbons (Fsp3) is 0.316. The molecule has 1 saturated heterocycles. The van der Waals surface area contributed by atoms with Crippen molar-refractivity contribution in [1.29, 1.82) is 0 Å². The molecule has 2 aromatic rings. The second-order valence-electron chi connectivity index (χ2n) is 6.10. The molecule has 0 saturated carbocycles. The van der Waals surface area contributed by atoms with Crippen molar-refractivity contribution in [3.8, 4) is 0 Å². The first-order valence-corrected chi connectivity index (χ1v) is 8.81. The number of para-hydroxylation sites is 1. The summed E-state index contributed by atoms with van der Waals surface area (Å²) in [5, 5.41) is 6.01. The van der Waals surface area contributed by atoms with Crippen LogP contribution in [0.15, 0.2) is 48.5 Å². The molecule has 0 aromatic heterocycles. The molecule has 0 radical (unpaired) electrons. The molecule has 2 amide bonds. The number of rotatable bonds is 5. The molecular formula is C19H21ClFN3O. The maximum Gasteiger partial charge on any atom is 0.319 e. The highest BCUT2D eigenvalue weighted by atomic mass is 35.5. The minimum atomic E-state index is -0.338. The number of benzene rings is 2. The third-order valence-corrected chi connectivity index (χ3v) is 4.73. The van der Waals surface area contributed by atoms with Gasteiger partial charge in [-0.3, -0.25) is 4.90 Å². The number of carbonyl (C=O) groups excluding carboxylic acids is 1. The Labute approximate surface area is 152 Å². The topological polar surface area (TPSA) is 44.4 Å². The van der Waals surface area contributed by atoms with Gasteiger partial charge in [-0.05, 0) is 50.2 Å². The minimum absolute atomic E-state index is 0.280. The van der Waals surface area contributed by atoms with Crippen LogP contribution in [0.4, 0.5) is 14.9 Å². The normalized spacial score (nSPS) is 15.8. The van der Waals surface area contributed by atoms with E-state index in [-0.39, 0.29) is 17.9 Å². The number of carbonyl (C=O) groups is 1. The maximum atomic E-state index is 14.4. The summed E-state index contributed by atoms with van der Waals surface area (Å²) < 4.78 is 14.4. The highest BCUT2D eigenvalue weighted by molar-refractivity contribution is 6.31. The Hall–Kier alpha value is -2.11. The highest BCUT2D eigenvalue weighted by Gasteiger charge is 2.28. The summed E-state index contributed by atoms with van der Waals surface area (Å²) in [6.07, 6.45) is 2.14. The van der Waals surface area contributed by atoms with E-state index in [2.05, 4.69) is 15.5 Å². The van der Waals surface area contributed by atoms with E-state index in [0.29, 0.717) is 22.8 Å². The Bertz CT molecular complexity index is 700. The van der Waals surface area contributed by atoms with E-state index in [1.165, 1.54) is 6.07 Å². The van der Waals surface area contributed by atoms with Gasteiger partial charge in [-0.1, -0.05) is 35.9 Å². The monoisotopic (exact) mass is 361 g/mol. The van der Waals surface area contributed by atoms with Crippen LogP contribution in [0.2, 0.25) is 5.02 Å². The zero-order chi connectivity index (χ0) is 17.6. The van der Waals surface area contributed by atoms with Gasteiger partial charge in [0.25, 0.3) is 0 Å². The minimum Gasteiger partial charge on any atom is -0.336 e. The predicted molar refractivity (Wildman–Crippen MR) is 98.4 cm³/mol. The molecule has 0 bridgehead atoms. The fourth-order valence-electron chi connectivity index (χ4n) is 3.18. The summed E-state index contributed by atoms with van der Waals surface area (Å²) in [5.41, 5.74) is 1.16. The number of halogens is 2. The van der Waals surface area contributed by atoms with Crippen molar-refractivity contribution < 1.29 is 9.18 Å². The van der Waals surface area contributed by atoms with Crippen LogP contribution in [0, 0.1) is 5.82 Å². The van der Waals surface area contributed by atoms with E-state index in [0.717, 1.165) is 25.9 Å². The van der Waals surface area contributed by atoms with Gasteiger partial charge in [-0.25, -0.2) is 9.18 Å². The van der Waals surface area contributed by atoms with Crippen molar-refractivity contribution in [2.45, 2.75) is 18.9 Å². The molecule has 1 unspecified atom stereocenters. The van der Waals surface area contributed by atoms with Crippen LogP contribution in [-0.2, 0) is 0 Å². The van der Waals surface area contributed by atoms with E-state index in [1.54, 1.807) is 12.1 Å². The number of hydrogen-bond acceptors (Lipinski definition) is 2. The standard InChI is InChI=1S/C19H21ClFN3O/c20-15-9-6-10-16(21)18(15)17(24-11-4-5-12-24)13-22-19(25)23-14-7-2-1-3-8-14/h1-3,6-10,17H,4-5,11-13H2,(H2,22,23,25). The molecule has 0 aliphatic carbocycles. The lowest BCUT2D eigenvalue weighted by Crippen LogP contribution is -2.39. The summed E-state index contributed by atoms with van der Waals surface area (Å²) in [6, 6.07) is 13.3. The van der Waals surface area contributed by atoms with Gasteiger partial charge in [0.15, 0.2) is 0 Å². The highest BCUT2D eigenvalue weighted by Crippen LogP contribution is 2.31. The average Bonchev–Trinajstić information content (AvgIpc) is 3.12. The van der Waals surface area contributed by atoms with Crippen LogP contribution in [0.5, 0.6) is 0 Å². The van der Waals surface area contributed by atoms with Crippen molar-refractivity contribution in [2.75, 3.05) is 25.0 Å². The number of nitrogens with one attached hydrogen (secondary N) is 2. The van der Waals surface area contributed by atoms with E-state index in [1.807, 2.05) is 30.3 Å². The van der Waals surface area contributed by atoms with E-state index < -0.39 is 0 Å². The number of anilines is 1. The Morgan fingerprint density at radius 2 is 1.84 bits per heavy atom. The van der Waals surface area contributed by atoms with Crippen LogP contribution in [0.25, 0.3) is 0 Å². The lowest BCUT2D eigenvalue weighted by Gasteiger charge is -2.29. The zero-order valence-corrected chi connectivity index (χ0v) is 14.6. The molecule has 6 heteroatoms. The van der Waals surface area contributed by atoms with E-state index in [4.69, 9.17) is 11.6 Å². The second kappa shape index (κ2) is 8.32. The van der Waals surface area contributed by atoms with Crippen LogP contribution in [0.1, 0.15) is 24.4 Å². The molecular weight excluding hydrogens is 341 g/mol. The average molecular weight is 362 g/mol. The largest absolute Gasteiger partial charge is 0.336 e. The summed E-state index contributed by atoms with van der Waals surface area (Å²) in [4.78, 5) is 14.3. The van der Waals surface area contributed by atoms with E-state index >= 15 is 0 Å². The Balaban J connectivity index is 1.71. The van der Waals surface area contributed by atoms with Gasteiger partial charge in [-0.15, -0.1) is 0 Å². The van der Waals surface area contributed by atoms with Crippen molar-refractivity contribution in [3.63, 3.8) is 0 Å². The lowest BCUT2D eigenvalue weighted by molar-refractivity contribution is 0.224. The third-order valence-electron chi connectivity index (χ3n) is 4.40. The summed E-state index contributed by atoms with van der Waals surface area (Å²) in [7, 11) is 0. The van der Waals surface area contributed by atoms with Gasteiger partial charge >= 0.3 is 6.03 Å². The molecule has 25 heavy (non-hydrogen) atoms. The molecule has 1 aliphatic heterocycles. The van der Waals surface area contributed by atoms with Crippen LogP contribution >= 0.6 is 11.6 Å². The van der Waals surface area contributed by atoms with Crippen molar-refractivity contribution in [2.24, 2.45) is 0 Å². The molecule has 132 valence electrons. The first kappa shape index (κ1) is 17.7. The van der Waals surface area contributed by atoms with Gasteiger partial charge in [0.2, 0.25) is 0 Å². The van der Waals surface area contributed by atoms with Gasteiger partial charge < -0.3 is 10.6 Å². The molecule has 1 heterocycles. The van der Waals surface area contributed by atoms with Crippen LogP contribution < -0.4 is 10.6 Å². The van der Waals surface area contributed by atoms with Crippen molar-refractivity contribution in [1.82, 2.24) is 10.2 Å². The quantitative estimate of drug-likeness (QED) is 0.827. The Morgan fingerprint density at radius 3 is 2.52 bits per heavy atom. The smallest absolute Gasteiger partial charge is 0.319 e.